The highest BCUT2D eigenvalue weighted by molar-refractivity contribution is 6.16. The van der Waals surface area contributed by atoms with E-state index in [-0.39, 0.29) is 11.3 Å². The lowest BCUT2D eigenvalue weighted by Gasteiger charge is -2.61. The van der Waals surface area contributed by atoms with E-state index in [1.165, 1.54) is 19.3 Å². The summed E-state index contributed by atoms with van der Waals surface area (Å²) in [4.78, 5) is 27.3. The molecule has 10 nitrogen and oxygen atoms in total. The Morgan fingerprint density at radius 1 is 1.04 bits per heavy atom. The average molecular weight is 600 g/mol. The fourth-order valence-corrected chi connectivity index (χ4v) is 9.70. The van der Waals surface area contributed by atoms with Gasteiger partial charge < -0.3 is 14.8 Å². The van der Waals surface area contributed by atoms with Crippen molar-refractivity contribution in [3.05, 3.63) is 48.5 Å². The molecule has 1 amide bonds. The third-order valence-corrected chi connectivity index (χ3v) is 11.7. The average Bonchev–Trinajstić information content (AvgIpc) is 3.80. The van der Waals surface area contributed by atoms with Crippen LogP contribution in [-0.2, 0) is 24.3 Å². The van der Waals surface area contributed by atoms with Crippen molar-refractivity contribution >= 4 is 33.5 Å². The van der Waals surface area contributed by atoms with Crippen molar-refractivity contribution in [2.45, 2.75) is 50.4 Å². The highest BCUT2D eigenvalue weighted by atomic mass is 16.2. The van der Waals surface area contributed by atoms with E-state index in [1.54, 1.807) is 0 Å². The van der Waals surface area contributed by atoms with E-state index in [9.17, 15) is 10.1 Å². The van der Waals surface area contributed by atoms with Gasteiger partial charge in [-0.05, 0) is 67.2 Å². The number of hydrogen-bond donors (Lipinski definition) is 1. The summed E-state index contributed by atoms with van der Waals surface area (Å²) in [6.45, 7) is 2.40. The SMILES string of the molecule is CN1C(=O)C2(CCN(CC3(CC#N)CC4(CCC4)C3)C2)c2c1cnc1[nH]c(-c3cnn(C)c3)c(-c3ccc4c(cnn4C)c3)c21. The minimum atomic E-state index is -0.668. The highest BCUT2D eigenvalue weighted by Gasteiger charge is 2.60. The second kappa shape index (κ2) is 9.04. The first-order valence-corrected chi connectivity index (χ1v) is 16.1. The van der Waals surface area contributed by atoms with E-state index in [0.29, 0.717) is 18.4 Å². The van der Waals surface area contributed by atoms with Crippen molar-refractivity contribution in [2.24, 2.45) is 24.9 Å². The number of anilines is 1. The van der Waals surface area contributed by atoms with Crippen LogP contribution in [0.2, 0.25) is 0 Å². The molecule has 1 saturated heterocycles. The van der Waals surface area contributed by atoms with Crippen LogP contribution in [0.1, 0.15) is 50.5 Å². The van der Waals surface area contributed by atoms with Gasteiger partial charge in [-0.2, -0.15) is 15.5 Å². The first kappa shape index (κ1) is 26.9. The third-order valence-electron chi connectivity index (χ3n) is 11.7. The van der Waals surface area contributed by atoms with Crippen LogP contribution in [0.15, 0.2) is 43.0 Å². The van der Waals surface area contributed by atoms with E-state index in [4.69, 9.17) is 4.98 Å². The Labute approximate surface area is 261 Å². The Hall–Kier alpha value is -4.49. The molecular weight excluding hydrogens is 562 g/mol. The van der Waals surface area contributed by atoms with Gasteiger partial charge in [-0.3, -0.25) is 14.2 Å². The molecule has 6 heterocycles. The standard InChI is InChI=1S/C35H37N9O/c1-41-17-24(15-38-41)30-27(22-5-6-25-23(13-22)14-39-43(25)3)28-29-26(16-37-31(28)40-30)42(2)32(45)35(29)10-12-44(21-35)20-34(9-11-36)18-33(19-34)7-4-8-33/h5-6,13-17H,4,7-10,12,18-21H2,1-3H3,(H,37,40). The third kappa shape index (κ3) is 3.64. The van der Waals surface area contributed by atoms with Crippen molar-refractivity contribution in [1.82, 2.24) is 34.4 Å². The molecule has 9 rings (SSSR count). The van der Waals surface area contributed by atoms with Crippen LogP contribution in [0.5, 0.6) is 0 Å². The number of likely N-dealkylation sites (tertiary alicyclic amines) is 1. The maximum Gasteiger partial charge on any atom is 0.238 e. The van der Waals surface area contributed by atoms with Gasteiger partial charge in [-0.15, -0.1) is 0 Å². The normalized spacial score (nSPS) is 23.2. The molecule has 228 valence electrons. The van der Waals surface area contributed by atoms with Crippen LogP contribution < -0.4 is 4.90 Å². The number of aromatic amines is 1. The number of aryl methyl sites for hydroxylation is 2. The number of aromatic nitrogens is 6. The maximum absolute atomic E-state index is 14.4. The molecule has 3 fully saturated rings. The lowest BCUT2D eigenvalue weighted by Crippen LogP contribution is -2.55. The van der Waals surface area contributed by atoms with Crippen LogP contribution in [0, 0.1) is 22.2 Å². The predicted molar refractivity (Wildman–Crippen MR) is 172 cm³/mol. The molecule has 4 aromatic heterocycles. The van der Waals surface area contributed by atoms with Crippen LogP contribution in [-0.4, -0.2) is 67.0 Å². The number of pyridine rings is 1. The van der Waals surface area contributed by atoms with Gasteiger partial charge in [0, 0.05) is 74.3 Å². The molecule has 1 atom stereocenters. The van der Waals surface area contributed by atoms with E-state index in [0.717, 1.165) is 87.9 Å². The van der Waals surface area contributed by atoms with Gasteiger partial charge in [-0.25, -0.2) is 4.98 Å². The molecule has 1 N–H and O–H groups in total. The zero-order valence-corrected chi connectivity index (χ0v) is 26.1. The Bertz CT molecular complexity index is 2080. The Balaban J connectivity index is 1.20. The lowest BCUT2D eigenvalue weighted by molar-refractivity contribution is -0.123. The summed E-state index contributed by atoms with van der Waals surface area (Å²) in [5.41, 5.74) is 7.69. The zero-order chi connectivity index (χ0) is 30.7. The van der Waals surface area contributed by atoms with Crippen molar-refractivity contribution in [2.75, 3.05) is 31.6 Å². The number of nitriles is 1. The van der Waals surface area contributed by atoms with Crippen LogP contribution >= 0.6 is 0 Å². The molecule has 0 radical (unpaired) electrons. The van der Waals surface area contributed by atoms with E-state index >= 15 is 0 Å². The second-order valence-corrected chi connectivity index (χ2v) is 14.5. The zero-order valence-electron chi connectivity index (χ0n) is 26.1. The summed E-state index contributed by atoms with van der Waals surface area (Å²) in [7, 11) is 5.78. The Kier molecular flexibility index (Phi) is 5.40. The predicted octanol–water partition coefficient (Wildman–Crippen LogP) is 5.30. The number of carbonyl (C=O) groups is 1. The molecule has 2 saturated carbocycles. The molecule has 2 aliphatic carbocycles. The fraction of sp³-hybridized carbons (Fsp3) is 0.457. The van der Waals surface area contributed by atoms with Crippen molar-refractivity contribution in [3.63, 3.8) is 0 Å². The van der Waals surface area contributed by atoms with Gasteiger partial charge in [-0.1, -0.05) is 12.5 Å². The smallest absolute Gasteiger partial charge is 0.238 e. The lowest BCUT2D eigenvalue weighted by atomic mass is 9.44. The minimum Gasteiger partial charge on any atom is -0.339 e. The summed E-state index contributed by atoms with van der Waals surface area (Å²) in [5.74, 6) is 0.144. The molecular formula is C35H37N9O. The molecule has 0 bridgehead atoms. The van der Waals surface area contributed by atoms with Gasteiger partial charge in [0.15, 0.2) is 0 Å². The Morgan fingerprint density at radius 2 is 1.89 bits per heavy atom. The van der Waals surface area contributed by atoms with Crippen LogP contribution in [0.25, 0.3) is 44.3 Å². The van der Waals surface area contributed by atoms with Crippen LogP contribution in [0.4, 0.5) is 5.69 Å². The summed E-state index contributed by atoms with van der Waals surface area (Å²) < 4.78 is 3.70. The number of likely N-dealkylation sites (N-methyl/N-ethyl adjacent to an activating group) is 1. The van der Waals surface area contributed by atoms with Crippen molar-refractivity contribution in [1.29, 1.82) is 5.26 Å². The molecule has 5 aromatic rings. The quantitative estimate of drug-likeness (QED) is 0.294. The summed E-state index contributed by atoms with van der Waals surface area (Å²) in [5, 5.41) is 20.8. The van der Waals surface area contributed by atoms with E-state index in [2.05, 4.69) is 44.3 Å². The number of H-pyrrole nitrogens is 1. The fourth-order valence-electron chi connectivity index (χ4n) is 9.70. The number of fused-ring (bicyclic) bond motifs is 5. The summed E-state index contributed by atoms with van der Waals surface area (Å²) >= 11 is 0. The largest absolute Gasteiger partial charge is 0.339 e. The topological polar surface area (TPSA) is 112 Å². The molecule has 2 aliphatic heterocycles. The number of rotatable bonds is 5. The van der Waals surface area contributed by atoms with Gasteiger partial charge >= 0.3 is 0 Å². The molecule has 10 heteroatoms. The van der Waals surface area contributed by atoms with Gasteiger partial charge in [0.1, 0.15) is 5.65 Å². The Morgan fingerprint density at radius 3 is 2.62 bits per heavy atom. The number of nitrogens with one attached hydrogen (secondary N) is 1. The first-order chi connectivity index (χ1) is 21.7. The number of carbonyl (C=O) groups excluding carboxylic acids is 1. The molecule has 2 spiro atoms. The van der Waals surface area contributed by atoms with Crippen molar-refractivity contribution in [3.8, 4) is 28.5 Å². The summed E-state index contributed by atoms with van der Waals surface area (Å²) in [6.07, 6.45) is 15.3. The van der Waals surface area contributed by atoms with Gasteiger partial charge in [0.25, 0.3) is 0 Å². The highest BCUT2D eigenvalue weighted by Crippen LogP contribution is 2.66. The van der Waals surface area contributed by atoms with E-state index in [1.807, 2.05) is 60.2 Å². The number of nitrogens with zero attached hydrogens (tertiary/aromatic N) is 8. The molecule has 1 unspecified atom stereocenters. The molecule has 4 aliphatic rings. The van der Waals surface area contributed by atoms with Gasteiger partial charge in [0.05, 0.1) is 47.0 Å². The van der Waals surface area contributed by atoms with Crippen LogP contribution in [0.3, 0.4) is 0 Å². The summed E-state index contributed by atoms with van der Waals surface area (Å²) in [6, 6.07) is 8.98. The number of amides is 1. The maximum atomic E-state index is 14.4. The second-order valence-electron chi connectivity index (χ2n) is 14.5. The van der Waals surface area contributed by atoms with Crippen molar-refractivity contribution < 1.29 is 4.79 Å². The molecule has 1 aromatic carbocycles. The van der Waals surface area contributed by atoms with Gasteiger partial charge in [0.2, 0.25) is 5.91 Å². The minimum absolute atomic E-state index is 0.0521. The molecule has 45 heavy (non-hydrogen) atoms. The number of benzene rings is 1. The number of hydrogen-bond acceptors (Lipinski definition) is 6. The first-order valence-electron chi connectivity index (χ1n) is 16.1. The monoisotopic (exact) mass is 599 g/mol. The van der Waals surface area contributed by atoms with E-state index < -0.39 is 5.41 Å².